The molecule has 0 aliphatic carbocycles. The van der Waals surface area contributed by atoms with Crippen LogP contribution in [0.15, 0.2) is 0 Å². The zero-order valence-corrected chi connectivity index (χ0v) is 10.6. The van der Waals surface area contributed by atoms with Gasteiger partial charge in [0, 0.05) is 20.1 Å². The molecule has 16 heavy (non-hydrogen) atoms. The van der Waals surface area contributed by atoms with Gasteiger partial charge in [-0.05, 0) is 6.42 Å². The van der Waals surface area contributed by atoms with Gasteiger partial charge in [-0.3, -0.25) is 4.79 Å². The molecule has 0 aliphatic rings. The summed E-state index contributed by atoms with van der Waals surface area (Å²) in [5.41, 5.74) is 0. The second-order valence-corrected chi connectivity index (χ2v) is 3.77. The molecule has 0 rings (SSSR count). The van der Waals surface area contributed by atoms with Crippen LogP contribution < -0.4 is 5.32 Å². The summed E-state index contributed by atoms with van der Waals surface area (Å²) in [6, 6.07) is 0. The summed E-state index contributed by atoms with van der Waals surface area (Å²) < 4.78 is 10.7. The van der Waals surface area contributed by atoms with Crippen molar-refractivity contribution < 1.29 is 14.3 Å². The van der Waals surface area contributed by atoms with Crippen LogP contribution in [0.3, 0.4) is 0 Å². The molecule has 0 saturated heterocycles. The van der Waals surface area contributed by atoms with Crippen LogP contribution in [0.2, 0.25) is 0 Å². The third-order valence-corrected chi connectivity index (χ3v) is 2.13. The van der Waals surface area contributed by atoms with E-state index in [2.05, 4.69) is 12.2 Å². The smallest absolute Gasteiger partial charge is 0.216 e. The van der Waals surface area contributed by atoms with Gasteiger partial charge < -0.3 is 14.8 Å². The number of rotatable bonds is 11. The van der Waals surface area contributed by atoms with Gasteiger partial charge in [-0.2, -0.15) is 0 Å². The zero-order chi connectivity index (χ0) is 12.1. The van der Waals surface area contributed by atoms with E-state index < -0.39 is 0 Å². The van der Waals surface area contributed by atoms with Crippen molar-refractivity contribution in [2.45, 2.75) is 39.5 Å². The first kappa shape index (κ1) is 15.4. The van der Waals surface area contributed by atoms with E-state index in [1.165, 1.54) is 26.2 Å². The van der Waals surface area contributed by atoms with Gasteiger partial charge >= 0.3 is 0 Å². The molecule has 0 fully saturated rings. The molecule has 0 saturated carbocycles. The predicted octanol–water partition coefficient (Wildman–Crippen LogP) is 1.74. The molecule has 0 aliphatic heterocycles. The van der Waals surface area contributed by atoms with Gasteiger partial charge in [0.05, 0.1) is 19.8 Å². The fourth-order valence-electron chi connectivity index (χ4n) is 1.25. The number of nitrogens with one attached hydrogen (secondary N) is 1. The Morgan fingerprint density at radius 3 is 2.31 bits per heavy atom. The molecule has 0 bridgehead atoms. The molecule has 4 heteroatoms. The number of carbonyl (C=O) groups excluding carboxylic acids is 1. The van der Waals surface area contributed by atoms with Crippen LogP contribution in [-0.4, -0.2) is 38.9 Å². The van der Waals surface area contributed by atoms with Gasteiger partial charge in [0.1, 0.15) is 0 Å². The third-order valence-electron chi connectivity index (χ3n) is 2.13. The van der Waals surface area contributed by atoms with Crippen LogP contribution in [0.4, 0.5) is 0 Å². The van der Waals surface area contributed by atoms with Crippen LogP contribution >= 0.6 is 0 Å². The SMILES string of the molecule is CCCCCCOCCOCCNC(C)=O. The second-order valence-electron chi connectivity index (χ2n) is 3.77. The maximum absolute atomic E-state index is 10.5. The highest BCUT2D eigenvalue weighted by atomic mass is 16.5. The van der Waals surface area contributed by atoms with E-state index in [0.717, 1.165) is 13.0 Å². The van der Waals surface area contributed by atoms with Gasteiger partial charge in [0.15, 0.2) is 0 Å². The molecule has 0 unspecified atom stereocenters. The largest absolute Gasteiger partial charge is 0.379 e. The molecule has 1 amide bonds. The lowest BCUT2D eigenvalue weighted by Crippen LogP contribution is -2.24. The number of ether oxygens (including phenoxy) is 2. The zero-order valence-electron chi connectivity index (χ0n) is 10.6. The topological polar surface area (TPSA) is 47.6 Å². The fourth-order valence-corrected chi connectivity index (χ4v) is 1.25. The standard InChI is InChI=1S/C12H25NO3/c1-3-4-5-6-8-15-10-11-16-9-7-13-12(2)14/h3-11H2,1-2H3,(H,13,14). The lowest BCUT2D eigenvalue weighted by Gasteiger charge is -2.06. The molecule has 0 aromatic heterocycles. The van der Waals surface area contributed by atoms with Crippen molar-refractivity contribution in [1.29, 1.82) is 0 Å². The summed E-state index contributed by atoms with van der Waals surface area (Å²) >= 11 is 0. The van der Waals surface area contributed by atoms with E-state index in [1.54, 1.807) is 0 Å². The molecule has 0 aromatic carbocycles. The van der Waals surface area contributed by atoms with Crippen LogP contribution in [0.1, 0.15) is 39.5 Å². The normalized spacial score (nSPS) is 10.4. The van der Waals surface area contributed by atoms with Crippen molar-refractivity contribution in [3.63, 3.8) is 0 Å². The number of carbonyl (C=O) groups is 1. The fraction of sp³-hybridized carbons (Fsp3) is 0.917. The minimum absolute atomic E-state index is 0.0178. The van der Waals surface area contributed by atoms with Crippen molar-refractivity contribution >= 4 is 5.91 Å². The quantitative estimate of drug-likeness (QED) is 0.551. The highest BCUT2D eigenvalue weighted by molar-refractivity contribution is 5.72. The Morgan fingerprint density at radius 2 is 1.69 bits per heavy atom. The van der Waals surface area contributed by atoms with Crippen LogP contribution in [0, 0.1) is 0 Å². The van der Waals surface area contributed by atoms with Crippen LogP contribution in [0.5, 0.6) is 0 Å². The van der Waals surface area contributed by atoms with Gasteiger partial charge in [0.2, 0.25) is 5.91 Å². The molecule has 0 atom stereocenters. The maximum Gasteiger partial charge on any atom is 0.216 e. The van der Waals surface area contributed by atoms with Crippen LogP contribution in [-0.2, 0) is 14.3 Å². The Hall–Kier alpha value is -0.610. The van der Waals surface area contributed by atoms with E-state index in [0.29, 0.717) is 26.4 Å². The summed E-state index contributed by atoms with van der Waals surface area (Å²) in [5.74, 6) is -0.0178. The minimum atomic E-state index is -0.0178. The first-order valence-electron chi connectivity index (χ1n) is 6.17. The molecule has 96 valence electrons. The van der Waals surface area contributed by atoms with E-state index >= 15 is 0 Å². The van der Waals surface area contributed by atoms with Crippen LogP contribution in [0.25, 0.3) is 0 Å². The molecule has 0 aromatic rings. The van der Waals surface area contributed by atoms with Gasteiger partial charge in [-0.25, -0.2) is 0 Å². The summed E-state index contributed by atoms with van der Waals surface area (Å²) in [5, 5.41) is 2.67. The highest BCUT2D eigenvalue weighted by Gasteiger charge is 1.92. The number of hydrogen-bond acceptors (Lipinski definition) is 3. The van der Waals surface area contributed by atoms with Crippen molar-refractivity contribution in [1.82, 2.24) is 5.32 Å². The van der Waals surface area contributed by atoms with Crippen molar-refractivity contribution in [3.8, 4) is 0 Å². The lowest BCUT2D eigenvalue weighted by atomic mass is 10.2. The number of hydrogen-bond donors (Lipinski definition) is 1. The third kappa shape index (κ3) is 13.4. The summed E-state index contributed by atoms with van der Waals surface area (Å²) in [7, 11) is 0. The van der Waals surface area contributed by atoms with Gasteiger partial charge in [-0.1, -0.05) is 26.2 Å². The Morgan fingerprint density at radius 1 is 1.00 bits per heavy atom. The highest BCUT2D eigenvalue weighted by Crippen LogP contribution is 1.98. The molecule has 1 N–H and O–H groups in total. The first-order chi connectivity index (χ1) is 7.77. The summed E-state index contributed by atoms with van der Waals surface area (Å²) in [6.07, 6.45) is 4.93. The first-order valence-corrected chi connectivity index (χ1v) is 6.17. The van der Waals surface area contributed by atoms with Crippen molar-refractivity contribution in [2.24, 2.45) is 0 Å². The monoisotopic (exact) mass is 231 g/mol. The molecular weight excluding hydrogens is 206 g/mol. The van der Waals surface area contributed by atoms with Crippen molar-refractivity contribution in [3.05, 3.63) is 0 Å². The average Bonchev–Trinajstić information content (AvgIpc) is 2.25. The van der Waals surface area contributed by atoms with E-state index in [4.69, 9.17) is 9.47 Å². The Kier molecular flexibility index (Phi) is 12.0. The second kappa shape index (κ2) is 12.5. The van der Waals surface area contributed by atoms with E-state index in [9.17, 15) is 4.79 Å². The molecular formula is C12H25NO3. The van der Waals surface area contributed by atoms with E-state index in [-0.39, 0.29) is 5.91 Å². The minimum Gasteiger partial charge on any atom is -0.379 e. The Labute approximate surface area is 98.7 Å². The molecule has 0 radical (unpaired) electrons. The van der Waals surface area contributed by atoms with Gasteiger partial charge in [-0.15, -0.1) is 0 Å². The molecule has 0 spiro atoms. The number of amides is 1. The molecule has 0 heterocycles. The Balaban J connectivity index is 2.90. The summed E-state index contributed by atoms with van der Waals surface area (Å²) in [6.45, 7) is 6.91. The maximum atomic E-state index is 10.5. The lowest BCUT2D eigenvalue weighted by molar-refractivity contribution is -0.119. The van der Waals surface area contributed by atoms with Gasteiger partial charge in [0.25, 0.3) is 0 Å². The predicted molar refractivity (Wildman–Crippen MR) is 64.5 cm³/mol. The Bertz CT molecular complexity index is 162. The van der Waals surface area contributed by atoms with Crippen molar-refractivity contribution in [2.75, 3.05) is 33.0 Å². The summed E-state index contributed by atoms with van der Waals surface area (Å²) in [4.78, 5) is 10.5. The number of unbranched alkanes of at least 4 members (excludes halogenated alkanes) is 3. The van der Waals surface area contributed by atoms with E-state index in [1.807, 2.05) is 0 Å². The molecule has 4 nitrogen and oxygen atoms in total. The average molecular weight is 231 g/mol.